The molecule has 0 saturated carbocycles. The summed E-state index contributed by atoms with van der Waals surface area (Å²) >= 11 is 0. The van der Waals surface area contributed by atoms with Gasteiger partial charge in [-0.25, -0.2) is 4.98 Å². The van der Waals surface area contributed by atoms with Gasteiger partial charge >= 0.3 is 0 Å². The number of amides is 1. The van der Waals surface area contributed by atoms with Crippen LogP contribution in [0, 0.1) is 20.8 Å². The van der Waals surface area contributed by atoms with Crippen LogP contribution in [0.25, 0.3) is 5.82 Å². The number of aryl methyl sites for hydroxylation is 4. The van der Waals surface area contributed by atoms with E-state index in [9.17, 15) is 9.59 Å². The monoisotopic (exact) mass is 340 g/mol. The highest BCUT2D eigenvalue weighted by molar-refractivity contribution is 5.97. The summed E-state index contributed by atoms with van der Waals surface area (Å²) in [6, 6.07) is 5.39. The zero-order chi connectivity index (χ0) is 18.1. The van der Waals surface area contributed by atoms with E-state index in [-0.39, 0.29) is 18.0 Å². The number of aromatic nitrogens is 5. The molecule has 0 aliphatic carbocycles. The van der Waals surface area contributed by atoms with Crippen molar-refractivity contribution in [1.82, 2.24) is 29.6 Å². The lowest BCUT2D eigenvalue weighted by Crippen LogP contribution is -2.26. The molecular weight excluding hydrogens is 320 g/mol. The van der Waals surface area contributed by atoms with Gasteiger partial charge in [-0.05, 0) is 32.9 Å². The maximum absolute atomic E-state index is 12.6. The molecule has 0 unspecified atom stereocenters. The van der Waals surface area contributed by atoms with E-state index in [0.29, 0.717) is 22.9 Å². The van der Waals surface area contributed by atoms with Crippen LogP contribution in [-0.4, -0.2) is 30.2 Å². The van der Waals surface area contributed by atoms with Crippen LogP contribution in [0.3, 0.4) is 0 Å². The van der Waals surface area contributed by atoms with E-state index in [2.05, 4.69) is 20.4 Å². The van der Waals surface area contributed by atoms with Crippen molar-refractivity contribution in [2.45, 2.75) is 27.3 Å². The van der Waals surface area contributed by atoms with E-state index in [4.69, 9.17) is 0 Å². The summed E-state index contributed by atoms with van der Waals surface area (Å²) in [6.07, 6.45) is 1.54. The molecule has 8 heteroatoms. The average molecular weight is 340 g/mol. The van der Waals surface area contributed by atoms with Crippen molar-refractivity contribution >= 4 is 5.91 Å². The minimum Gasteiger partial charge on any atom is -0.345 e. The van der Waals surface area contributed by atoms with Crippen LogP contribution >= 0.6 is 0 Å². The summed E-state index contributed by atoms with van der Waals surface area (Å²) in [4.78, 5) is 31.0. The number of hydrogen-bond acceptors (Lipinski definition) is 4. The number of hydrogen-bond donors (Lipinski definition) is 2. The molecule has 0 atom stereocenters. The van der Waals surface area contributed by atoms with Crippen molar-refractivity contribution < 1.29 is 4.79 Å². The third-order valence-corrected chi connectivity index (χ3v) is 3.97. The number of nitrogens with zero attached hydrogens (tertiary/aromatic N) is 4. The molecule has 0 saturated heterocycles. The Labute approximate surface area is 144 Å². The molecule has 25 heavy (non-hydrogen) atoms. The number of aromatic amines is 1. The van der Waals surface area contributed by atoms with Gasteiger partial charge in [0, 0.05) is 30.2 Å². The first-order valence-electron chi connectivity index (χ1n) is 7.89. The molecule has 0 radical (unpaired) electrons. The van der Waals surface area contributed by atoms with E-state index in [1.54, 1.807) is 18.7 Å². The lowest BCUT2D eigenvalue weighted by Gasteiger charge is -2.12. The highest BCUT2D eigenvalue weighted by Crippen LogP contribution is 2.19. The van der Waals surface area contributed by atoms with E-state index >= 15 is 0 Å². The molecule has 3 rings (SSSR count). The van der Waals surface area contributed by atoms with E-state index < -0.39 is 0 Å². The predicted octanol–water partition coefficient (Wildman–Crippen LogP) is 1.15. The minimum atomic E-state index is -0.278. The second-order valence-electron chi connectivity index (χ2n) is 5.97. The minimum absolute atomic E-state index is 0.133. The number of rotatable bonds is 4. The molecule has 1 amide bonds. The molecule has 0 spiro atoms. The fourth-order valence-corrected chi connectivity index (χ4v) is 2.84. The molecule has 3 heterocycles. The molecule has 8 nitrogen and oxygen atoms in total. The molecule has 130 valence electrons. The third kappa shape index (κ3) is 3.23. The van der Waals surface area contributed by atoms with Gasteiger partial charge in [0.25, 0.3) is 11.5 Å². The molecular formula is C17H20N6O2. The maximum atomic E-state index is 12.6. The Balaban J connectivity index is 1.88. The van der Waals surface area contributed by atoms with Crippen LogP contribution in [0.4, 0.5) is 0 Å². The van der Waals surface area contributed by atoms with Crippen LogP contribution in [-0.2, 0) is 13.6 Å². The summed E-state index contributed by atoms with van der Waals surface area (Å²) in [5.74, 6) is 0.833. The number of H-pyrrole nitrogens is 1. The zero-order valence-electron chi connectivity index (χ0n) is 14.6. The quantitative estimate of drug-likeness (QED) is 0.744. The first kappa shape index (κ1) is 16.7. The lowest BCUT2D eigenvalue weighted by molar-refractivity contribution is 0.0949. The van der Waals surface area contributed by atoms with Gasteiger partial charge in [-0.2, -0.15) is 5.10 Å². The summed E-state index contributed by atoms with van der Waals surface area (Å²) in [5.41, 5.74) is 2.85. The van der Waals surface area contributed by atoms with Gasteiger partial charge in [0.05, 0.1) is 12.7 Å². The molecule has 0 aliphatic heterocycles. The standard InChI is InChI=1S/C17H20N6O2/c1-10-7-15(24)21-14(20-10)9-18-16(25)13-8-19-22(4)17(13)23-11(2)5-6-12(23)3/h5-8H,9H2,1-4H3,(H,18,25)(H,20,21,24). The first-order valence-corrected chi connectivity index (χ1v) is 7.89. The van der Waals surface area contributed by atoms with E-state index in [1.165, 1.54) is 12.3 Å². The Kier molecular flexibility index (Phi) is 4.26. The Bertz CT molecular complexity index is 975. The van der Waals surface area contributed by atoms with Gasteiger partial charge in [0.15, 0.2) is 0 Å². The Hall–Kier alpha value is -3.16. The maximum Gasteiger partial charge on any atom is 0.257 e. The van der Waals surface area contributed by atoms with Gasteiger partial charge in [0.2, 0.25) is 0 Å². The third-order valence-electron chi connectivity index (χ3n) is 3.97. The van der Waals surface area contributed by atoms with Crippen molar-refractivity contribution in [3.05, 3.63) is 63.2 Å². The Morgan fingerprint density at radius 1 is 1.24 bits per heavy atom. The number of nitrogens with one attached hydrogen (secondary N) is 2. The van der Waals surface area contributed by atoms with Gasteiger partial charge < -0.3 is 14.9 Å². The fraction of sp³-hybridized carbons (Fsp3) is 0.294. The van der Waals surface area contributed by atoms with Crippen LogP contribution in [0.5, 0.6) is 0 Å². The van der Waals surface area contributed by atoms with Gasteiger partial charge in [-0.1, -0.05) is 0 Å². The van der Waals surface area contributed by atoms with Crippen molar-refractivity contribution in [3.63, 3.8) is 0 Å². The Morgan fingerprint density at radius 2 is 1.92 bits per heavy atom. The smallest absolute Gasteiger partial charge is 0.257 e. The molecule has 2 N–H and O–H groups in total. The number of carbonyl (C=O) groups is 1. The highest BCUT2D eigenvalue weighted by atomic mass is 16.1. The second-order valence-corrected chi connectivity index (χ2v) is 5.97. The van der Waals surface area contributed by atoms with Crippen molar-refractivity contribution in [2.24, 2.45) is 7.05 Å². The first-order chi connectivity index (χ1) is 11.9. The van der Waals surface area contributed by atoms with Crippen LogP contribution < -0.4 is 10.9 Å². The van der Waals surface area contributed by atoms with Gasteiger partial charge in [-0.15, -0.1) is 0 Å². The normalized spacial score (nSPS) is 10.9. The summed E-state index contributed by atoms with van der Waals surface area (Å²) in [5, 5.41) is 7.01. The molecule has 0 bridgehead atoms. The second kappa shape index (κ2) is 6.39. The van der Waals surface area contributed by atoms with Gasteiger partial charge in [-0.3, -0.25) is 14.3 Å². The molecule has 0 aromatic carbocycles. The van der Waals surface area contributed by atoms with Crippen LogP contribution in [0.15, 0.2) is 29.2 Å². The molecule has 3 aromatic heterocycles. The summed E-state index contributed by atoms with van der Waals surface area (Å²) in [6.45, 7) is 5.82. The molecule has 0 aliphatic rings. The topological polar surface area (TPSA) is 97.6 Å². The van der Waals surface area contributed by atoms with Crippen molar-refractivity contribution in [2.75, 3.05) is 0 Å². The SMILES string of the molecule is Cc1cc(=O)[nH]c(CNC(=O)c2cnn(C)c2-n2c(C)ccc2C)n1. The fourth-order valence-electron chi connectivity index (χ4n) is 2.84. The zero-order valence-corrected chi connectivity index (χ0v) is 14.6. The molecule has 3 aromatic rings. The van der Waals surface area contributed by atoms with Crippen molar-refractivity contribution in [1.29, 1.82) is 0 Å². The number of carbonyl (C=O) groups excluding carboxylic acids is 1. The van der Waals surface area contributed by atoms with Crippen molar-refractivity contribution in [3.8, 4) is 5.82 Å². The van der Waals surface area contributed by atoms with Crippen LogP contribution in [0.2, 0.25) is 0 Å². The highest BCUT2D eigenvalue weighted by Gasteiger charge is 2.19. The molecule has 0 fully saturated rings. The predicted molar refractivity (Wildman–Crippen MR) is 92.8 cm³/mol. The Morgan fingerprint density at radius 3 is 2.56 bits per heavy atom. The summed E-state index contributed by atoms with van der Waals surface area (Å²) in [7, 11) is 1.80. The van der Waals surface area contributed by atoms with Gasteiger partial charge in [0.1, 0.15) is 17.2 Å². The van der Waals surface area contributed by atoms with E-state index in [1.807, 2.05) is 30.5 Å². The van der Waals surface area contributed by atoms with Crippen LogP contribution in [0.1, 0.15) is 33.3 Å². The van der Waals surface area contributed by atoms with E-state index in [0.717, 1.165) is 11.4 Å². The lowest BCUT2D eigenvalue weighted by atomic mass is 10.3. The largest absolute Gasteiger partial charge is 0.345 e. The average Bonchev–Trinajstić information content (AvgIpc) is 3.06. The summed E-state index contributed by atoms with van der Waals surface area (Å²) < 4.78 is 3.65.